The van der Waals surface area contributed by atoms with Gasteiger partial charge in [-0.1, -0.05) is 0 Å². The van der Waals surface area contributed by atoms with Gasteiger partial charge < -0.3 is 16.0 Å². The maximum absolute atomic E-state index is 5.88. The fourth-order valence-corrected chi connectivity index (χ4v) is 4.05. The summed E-state index contributed by atoms with van der Waals surface area (Å²) in [6.45, 7) is 7.54. The molecule has 4 N–H and O–H groups in total. The number of piperazine rings is 1. The topological polar surface area (TPSA) is 86.1 Å². The van der Waals surface area contributed by atoms with E-state index in [4.69, 9.17) is 5.73 Å². The second kappa shape index (κ2) is 5.86. The summed E-state index contributed by atoms with van der Waals surface area (Å²) in [5.74, 6) is 1.08. The van der Waals surface area contributed by atoms with Crippen molar-refractivity contribution in [3.8, 4) is 11.3 Å². The molecule has 0 atom stereocenters. The van der Waals surface area contributed by atoms with Gasteiger partial charge in [-0.05, 0) is 0 Å². The van der Waals surface area contributed by atoms with Crippen molar-refractivity contribution in [1.29, 1.82) is 0 Å². The number of aromatic amines is 1. The minimum atomic E-state index is 0.645. The monoisotopic (exact) mass is 319 g/mol. The third-order valence-corrected chi connectivity index (χ3v) is 5.35. The quantitative estimate of drug-likeness (QED) is 0.758. The van der Waals surface area contributed by atoms with Crippen molar-refractivity contribution in [2.75, 3.05) is 56.4 Å². The van der Waals surface area contributed by atoms with Gasteiger partial charge in [0.1, 0.15) is 5.82 Å². The predicted molar refractivity (Wildman–Crippen MR) is 89.3 cm³/mol. The lowest BCUT2D eigenvalue weighted by molar-refractivity contribution is 0.245. The van der Waals surface area contributed by atoms with Gasteiger partial charge in [-0.25, -0.2) is 4.98 Å². The van der Waals surface area contributed by atoms with Gasteiger partial charge >= 0.3 is 0 Å². The predicted octanol–water partition coefficient (Wildman–Crippen LogP) is 0.383. The smallest absolute Gasteiger partial charge is 0.180 e. The molecule has 1 fully saturated rings. The number of hydrogen-bond donors (Lipinski definition) is 3. The molecule has 0 amide bonds. The Labute approximate surface area is 133 Å². The number of fused-ring (bicyclic) bond motifs is 3. The summed E-state index contributed by atoms with van der Waals surface area (Å²) >= 11 is 1.60. The van der Waals surface area contributed by atoms with E-state index in [9.17, 15) is 0 Å². The minimum Gasteiger partial charge on any atom is -0.375 e. The fraction of sp³-hybridized carbons (Fsp3) is 0.571. The van der Waals surface area contributed by atoms with Crippen LogP contribution >= 0.6 is 11.3 Å². The molecule has 118 valence electrons. The molecule has 0 saturated carbocycles. The van der Waals surface area contributed by atoms with Crippen LogP contribution in [0.25, 0.3) is 11.3 Å². The lowest BCUT2D eigenvalue weighted by Gasteiger charge is -2.30. The van der Waals surface area contributed by atoms with Crippen LogP contribution < -0.4 is 16.0 Å². The summed E-state index contributed by atoms with van der Waals surface area (Å²) in [4.78, 5) is 10.7. The zero-order valence-corrected chi connectivity index (χ0v) is 13.3. The molecule has 0 aromatic carbocycles. The van der Waals surface area contributed by atoms with Gasteiger partial charge in [-0.15, -0.1) is 11.3 Å². The first-order valence-electron chi connectivity index (χ1n) is 7.78. The van der Waals surface area contributed by atoms with Gasteiger partial charge in [0, 0.05) is 57.1 Å². The Kier molecular flexibility index (Phi) is 3.73. The van der Waals surface area contributed by atoms with Crippen LogP contribution in [0.15, 0.2) is 6.20 Å². The van der Waals surface area contributed by atoms with Gasteiger partial charge in [-0.3, -0.25) is 10.00 Å². The summed E-state index contributed by atoms with van der Waals surface area (Å²) < 4.78 is 0. The summed E-state index contributed by atoms with van der Waals surface area (Å²) in [5, 5.41) is 11.4. The number of anilines is 2. The van der Waals surface area contributed by atoms with Crippen LogP contribution in [0.5, 0.6) is 0 Å². The Morgan fingerprint density at radius 2 is 2.09 bits per heavy atom. The SMILES string of the molecule is Nc1nc2c(s1)CCN(CCN1CCNCC1)c1[nH]ncc1-2. The fourth-order valence-electron chi connectivity index (χ4n) is 3.21. The normalized spacial score (nSPS) is 18.8. The molecule has 0 bridgehead atoms. The van der Waals surface area contributed by atoms with Crippen LogP contribution in [-0.2, 0) is 6.42 Å². The van der Waals surface area contributed by atoms with E-state index in [0.29, 0.717) is 5.13 Å². The molecule has 1 saturated heterocycles. The molecule has 0 unspecified atom stereocenters. The zero-order valence-electron chi connectivity index (χ0n) is 12.5. The van der Waals surface area contributed by atoms with Crippen LogP contribution in [0.4, 0.5) is 10.9 Å². The maximum Gasteiger partial charge on any atom is 0.180 e. The third-order valence-electron chi connectivity index (χ3n) is 4.41. The zero-order chi connectivity index (χ0) is 14.9. The number of nitrogens with two attached hydrogens (primary N) is 1. The minimum absolute atomic E-state index is 0.645. The molecule has 2 aliphatic heterocycles. The molecular weight excluding hydrogens is 298 g/mol. The van der Waals surface area contributed by atoms with Crippen molar-refractivity contribution in [2.24, 2.45) is 0 Å². The molecule has 0 aliphatic carbocycles. The summed E-state index contributed by atoms with van der Waals surface area (Å²) in [5.41, 5.74) is 7.97. The van der Waals surface area contributed by atoms with Gasteiger partial charge in [0.05, 0.1) is 17.5 Å². The number of H-pyrrole nitrogens is 1. The van der Waals surface area contributed by atoms with Crippen LogP contribution in [0.3, 0.4) is 0 Å². The molecule has 4 heterocycles. The standard InChI is InChI=1S/C14H21N7S/c15-14-18-12-10-9-17-19-13(10)21(4-1-11(12)22-14)8-7-20-5-2-16-3-6-20/h9,16H,1-8H2,(H2,15,18)(H,17,19). The molecule has 8 heteroatoms. The largest absolute Gasteiger partial charge is 0.375 e. The maximum atomic E-state index is 5.88. The van der Waals surface area contributed by atoms with Gasteiger partial charge in [0.25, 0.3) is 0 Å². The Morgan fingerprint density at radius 3 is 2.95 bits per heavy atom. The number of thiazole rings is 1. The highest BCUT2D eigenvalue weighted by Gasteiger charge is 2.25. The van der Waals surface area contributed by atoms with E-state index < -0.39 is 0 Å². The molecule has 2 aromatic rings. The Morgan fingerprint density at radius 1 is 1.23 bits per heavy atom. The summed E-state index contributed by atoms with van der Waals surface area (Å²) in [6, 6.07) is 0. The molecule has 7 nitrogen and oxygen atoms in total. The molecule has 22 heavy (non-hydrogen) atoms. The molecule has 4 rings (SSSR count). The number of nitrogen functional groups attached to an aromatic ring is 1. The van der Waals surface area contributed by atoms with Crippen LogP contribution in [-0.4, -0.2) is 65.9 Å². The first kappa shape index (κ1) is 14.0. The van der Waals surface area contributed by atoms with Crippen molar-refractivity contribution in [3.63, 3.8) is 0 Å². The van der Waals surface area contributed by atoms with E-state index in [0.717, 1.165) is 69.3 Å². The second-order valence-corrected chi connectivity index (χ2v) is 6.90. The summed E-state index contributed by atoms with van der Waals surface area (Å²) in [7, 11) is 0. The van der Waals surface area contributed by atoms with E-state index in [1.807, 2.05) is 6.20 Å². The van der Waals surface area contributed by atoms with Crippen molar-refractivity contribution in [1.82, 2.24) is 25.4 Å². The molecule has 2 aliphatic rings. The Balaban J connectivity index is 1.52. The second-order valence-electron chi connectivity index (χ2n) is 5.78. The highest BCUT2D eigenvalue weighted by atomic mass is 32.1. The van der Waals surface area contributed by atoms with E-state index in [-0.39, 0.29) is 0 Å². The van der Waals surface area contributed by atoms with Crippen molar-refractivity contribution in [2.45, 2.75) is 6.42 Å². The van der Waals surface area contributed by atoms with Crippen molar-refractivity contribution >= 4 is 22.3 Å². The first-order valence-corrected chi connectivity index (χ1v) is 8.60. The number of aromatic nitrogens is 3. The first-order chi connectivity index (χ1) is 10.8. The third kappa shape index (κ3) is 2.57. The Hall–Kier alpha value is -1.64. The lowest BCUT2D eigenvalue weighted by Crippen LogP contribution is -2.46. The van der Waals surface area contributed by atoms with Crippen LogP contribution in [0.1, 0.15) is 4.88 Å². The molecule has 2 aromatic heterocycles. The van der Waals surface area contributed by atoms with Crippen LogP contribution in [0, 0.1) is 0 Å². The molecular formula is C14H21N7S. The highest BCUT2D eigenvalue weighted by molar-refractivity contribution is 7.15. The lowest BCUT2D eigenvalue weighted by atomic mass is 10.2. The number of hydrogen-bond acceptors (Lipinski definition) is 7. The van der Waals surface area contributed by atoms with Gasteiger partial charge in [-0.2, -0.15) is 5.10 Å². The van der Waals surface area contributed by atoms with Crippen molar-refractivity contribution < 1.29 is 0 Å². The summed E-state index contributed by atoms with van der Waals surface area (Å²) in [6.07, 6.45) is 2.87. The van der Waals surface area contributed by atoms with E-state index in [1.54, 1.807) is 11.3 Å². The van der Waals surface area contributed by atoms with Gasteiger partial charge in [0.15, 0.2) is 5.13 Å². The van der Waals surface area contributed by atoms with E-state index in [2.05, 4.69) is 30.3 Å². The van der Waals surface area contributed by atoms with Gasteiger partial charge in [0.2, 0.25) is 0 Å². The number of nitrogens with one attached hydrogen (secondary N) is 2. The van der Waals surface area contributed by atoms with E-state index in [1.165, 1.54) is 4.88 Å². The highest BCUT2D eigenvalue weighted by Crippen LogP contribution is 2.37. The Bertz CT molecular complexity index is 643. The number of nitrogens with zero attached hydrogens (tertiary/aromatic N) is 4. The molecule has 0 spiro atoms. The van der Waals surface area contributed by atoms with Crippen molar-refractivity contribution in [3.05, 3.63) is 11.1 Å². The van der Waals surface area contributed by atoms with Crippen LogP contribution in [0.2, 0.25) is 0 Å². The average Bonchev–Trinajstić information content (AvgIpc) is 3.12. The molecule has 0 radical (unpaired) electrons. The average molecular weight is 319 g/mol. The van der Waals surface area contributed by atoms with E-state index >= 15 is 0 Å². The number of rotatable bonds is 3.